The van der Waals surface area contributed by atoms with E-state index in [4.69, 9.17) is 41.6 Å². The van der Waals surface area contributed by atoms with Crippen molar-refractivity contribution in [2.24, 2.45) is 5.73 Å². The molecule has 0 bridgehead atoms. The quantitative estimate of drug-likeness (QED) is 0.176. The maximum atomic E-state index is 12.0. The number of fused-ring (bicyclic) bond motifs is 2. The van der Waals surface area contributed by atoms with Crippen LogP contribution in [0.3, 0.4) is 0 Å². The van der Waals surface area contributed by atoms with Crippen molar-refractivity contribution in [2.75, 3.05) is 22.1 Å². The fourth-order valence-electron chi connectivity index (χ4n) is 3.12. The van der Waals surface area contributed by atoms with E-state index < -0.39 is 0 Å². The lowest BCUT2D eigenvalue weighted by Gasteiger charge is -2.09. The number of anilines is 4. The van der Waals surface area contributed by atoms with Gasteiger partial charge in [0.15, 0.2) is 20.5 Å². The molecule has 5 rings (SSSR count). The summed E-state index contributed by atoms with van der Waals surface area (Å²) in [5.74, 6) is -0.253. The molecule has 0 aliphatic carbocycles. The summed E-state index contributed by atoms with van der Waals surface area (Å²) in [6.07, 6.45) is 0. The zero-order valence-electron chi connectivity index (χ0n) is 18.5. The third kappa shape index (κ3) is 6.60. The van der Waals surface area contributed by atoms with E-state index in [0.29, 0.717) is 15.8 Å². The molecule has 0 radical (unpaired) electrons. The molecule has 3 aromatic carbocycles. The molecule has 13 heteroatoms. The van der Waals surface area contributed by atoms with Crippen LogP contribution >= 0.6 is 47.1 Å². The lowest BCUT2D eigenvalue weighted by molar-refractivity contribution is 0.0977. The van der Waals surface area contributed by atoms with Gasteiger partial charge < -0.3 is 27.8 Å². The molecule has 1 amide bonds. The lowest BCUT2D eigenvalue weighted by atomic mass is 10.2. The van der Waals surface area contributed by atoms with Gasteiger partial charge in [-0.15, -0.1) is 0 Å². The van der Waals surface area contributed by atoms with Gasteiger partial charge in [0.2, 0.25) is 0 Å². The van der Waals surface area contributed by atoms with E-state index in [1.54, 1.807) is 24.3 Å². The number of rotatable bonds is 3. The van der Waals surface area contributed by atoms with Crippen LogP contribution in [-0.4, -0.2) is 26.1 Å². The minimum atomic E-state index is -0.253. The van der Waals surface area contributed by atoms with Gasteiger partial charge in [0, 0.05) is 16.9 Å². The van der Waals surface area contributed by atoms with Gasteiger partial charge in [-0.25, -0.2) is 9.97 Å². The highest BCUT2D eigenvalue weighted by molar-refractivity contribution is 7.80. The number of hydrogen-bond donors (Lipinski definition) is 6. The molecule has 0 fully saturated rings. The summed E-state index contributed by atoms with van der Waals surface area (Å²) in [5.41, 5.74) is 20.4. The third-order valence-corrected chi connectivity index (χ3v) is 6.63. The Hall–Kier alpha value is -3.91. The van der Waals surface area contributed by atoms with Gasteiger partial charge >= 0.3 is 0 Å². The van der Waals surface area contributed by atoms with Gasteiger partial charge in [-0.05, 0) is 73.0 Å². The third-order valence-electron chi connectivity index (χ3n) is 4.60. The van der Waals surface area contributed by atoms with Crippen molar-refractivity contribution in [3.05, 3.63) is 72.3 Å². The van der Waals surface area contributed by atoms with Gasteiger partial charge in [-0.2, -0.15) is 0 Å². The van der Waals surface area contributed by atoms with Crippen molar-refractivity contribution < 1.29 is 4.79 Å². The average Bonchev–Trinajstić information content (AvgIpc) is 3.39. The first-order valence-corrected chi connectivity index (χ1v) is 12.8. The van der Waals surface area contributed by atoms with E-state index in [-0.39, 0.29) is 16.1 Å². The first-order valence-electron chi connectivity index (χ1n) is 10.3. The number of amides is 1. The minimum Gasteiger partial charge on any atom is -0.376 e. The van der Waals surface area contributed by atoms with Crippen molar-refractivity contribution in [2.45, 2.75) is 0 Å². The molecule has 0 spiro atoms. The molecule has 5 aromatic rings. The summed E-state index contributed by atoms with van der Waals surface area (Å²) in [4.78, 5) is 20.4. The van der Waals surface area contributed by atoms with Crippen LogP contribution in [0.5, 0.6) is 0 Å². The summed E-state index contributed by atoms with van der Waals surface area (Å²) in [5, 5.41) is 10.0. The Labute approximate surface area is 224 Å². The number of benzene rings is 3. The lowest BCUT2D eigenvalue weighted by Crippen LogP contribution is -2.34. The molecular formula is C23H20N8OS4. The van der Waals surface area contributed by atoms with E-state index in [0.717, 1.165) is 31.8 Å². The number of aromatic nitrogens is 2. The smallest absolute Gasteiger partial charge is 0.257 e. The van der Waals surface area contributed by atoms with E-state index in [2.05, 4.69) is 25.9 Å². The van der Waals surface area contributed by atoms with E-state index >= 15 is 0 Å². The molecule has 0 aliphatic rings. The Balaban J connectivity index is 0.000000187. The number of carbonyl (C=O) groups excluding carboxylic acids is 1. The van der Waals surface area contributed by atoms with Crippen LogP contribution in [0.1, 0.15) is 10.4 Å². The largest absolute Gasteiger partial charge is 0.376 e. The monoisotopic (exact) mass is 552 g/mol. The normalized spacial score (nSPS) is 10.3. The van der Waals surface area contributed by atoms with E-state index in [9.17, 15) is 4.79 Å². The van der Waals surface area contributed by atoms with Crippen LogP contribution in [0.4, 0.5) is 21.6 Å². The van der Waals surface area contributed by atoms with Crippen molar-refractivity contribution in [1.29, 1.82) is 0 Å². The standard InChI is InChI=1S/C15H12N4OS2.C8H8N4S2/c16-14-18-11-8-10(6-7-12(11)22-14)17-15(21)19-13(20)9-4-2-1-3-5-9;9-7(13)11-4-1-2-6-5(3-4)12-8(10)14-6/h1-8H,(H2,16,18)(H2,17,19,20,21);1-3H,(H2,10,12)(H3,9,11,13). The Morgan fingerprint density at radius 3 is 1.83 bits per heavy atom. The van der Waals surface area contributed by atoms with Crippen molar-refractivity contribution >= 4 is 105 Å². The molecule has 2 heterocycles. The first-order chi connectivity index (χ1) is 17.3. The second-order valence-corrected chi connectivity index (χ2v) is 10.2. The number of nitrogen functional groups attached to an aromatic ring is 2. The molecule has 2 aromatic heterocycles. The van der Waals surface area contributed by atoms with Crippen molar-refractivity contribution in [3.8, 4) is 0 Å². The number of nitrogens with zero attached hydrogens (tertiary/aromatic N) is 2. The van der Waals surface area contributed by atoms with Crippen molar-refractivity contribution in [3.63, 3.8) is 0 Å². The molecule has 0 atom stereocenters. The van der Waals surface area contributed by atoms with Gasteiger partial charge in [0.05, 0.1) is 20.4 Å². The maximum Gasteiger partial charge on any atom is 0.257 e. The Bertz CT molecular complexity index is 1560. The van der Waals surface area contributed by atoms with E-state index in [1.165, 1.54) is 22.7 Å². The highest BCUT2D eigenvalue weighted by Gasteiger charge is 2.08. The van der Waals surface area contributed by atoms with Crippen LogP contribution < -0.4 is 33.2 Å². The molecular weight excluding hydrogens is 533 g/mol. The highest BCUT2D eigenvalue weighted by Crippen LogP contribution is 2.27. The SMILES string of the molecule is NC(=S)Nc1ccc2sc(N)nc2c1.Nc1nc2cc(NC(=S)NC(=O)c3ccccc3)ccc2s1. The number of nitrogens with two attached hydrogens (primary N) is 3. The Morgan fingerprint density at radius 2 is 1.31 bits per heavy atom. The number of hydrogen-bond acceptors (Lipinski definition) is 9. The Morgan fingerprint density at radius 1 is 0.778 bits per heavy atom. The van der Waals surface area contributed by atoms with Gasteiger partial charge in [0.1, 0.15) is 0 Å². The summed E-state index contributed by atoms with van der Waals surface area (Å²) in [7, 11) is 0. The first kappa shape index (κ1) is 25.2. The minimum absolute atomic E-state index is 0.233. The molecule has 0 unspecified atom stereocenters. The number of nitrogens with one attached hydrogen (secondary N) is 3. The van der Waals surface area contributed by atoms with Crippen LogP contribution in [-0.2, 0) is 0 Å². The molecule has 0 saturated heterocycles. The van der Waals surface area contributed by atoms with E-state index in [1.807, 2.05) is 42.5 Å². The highest BCUT2D eigenvalue weighted by atomic mass is 32.1. The fourth-order valence-corrected chi connectivity index (χ4v) is 4.87. The molecule has 9 N–H and O–H groups in total. The van der Waals surface area contributed by atoms with Gasteiger partial charge in [-0.3, -0.25) is 10.1 Å². The molecule has 9 nitrogen and oxygen atoms in total. The summed E-state index contributed by atoms with van der Waals surface area (Å²) < 4.78 is 2.05. The zero-order valence-corrected chi connectivity index (χ0v) is 21.8. The molecule has 0 saturated carbocycles. The molecule has 36 heavy (non-hydrogen) atoms. The van der Waals surface area contributed by atoms with Crippen LogP contribution in [0.25, 0.3) is 20.4 Å². The number of thiocarbonyl (C=S) groups is 2. The van der Waals surface area contributed by atoms with Gasteiger partial charge in [0.25, 0.3) is 5.91 Å². The van der Waals surface area contributed by atoms with Crippen molar-refractivity contribution in [1.82, 2.24) is 15.3 Å². The number of thiazole rings is 2. The van der Waals surface area contributed by atoms with Crippen LogP contribution in [0, 0.1) is 0 Å². The average molecular weight is 553 g/mol. The molecule has 182 valence electrons. The predicted molar refractivity (Wildman–Crippen MR) is 159 cm³/mol. The Kier molecular flexibility index (Phi) is 7.85. The van der Waals surface area contributed by atoms with Crippen LogP contribution in [0.2, 0.25) is 0 Å². The second-order valence-electron chi connectivity index (χ2n) is 7.23. The summed E-state index contributed by atoms with van der Waals surface area (Å²) in [6, 6.07) is 20.2. The maximum absolute atomic E-state index is 12.0. The number of carbonyl (C=O) groups is 1. The predicted octanol–water partition coefficient (Wildman–Crippen LogP) is 4.54. The van der Waals surface area contributed by atoms with Crippen LogP contribution in [0.15, 0.2) is 66.7 Å². The fraction of sp³-hybridized carbons (Fsp3) is 0. The summed E-state index contributed by atoms with van der Waals surface area (Å²) in [6.45, 7) is 0. The molecule has 0 aliphatic heterocycles. The zero-order chi connectivity index (χ0) is 25.7. The van der Waals surface area contributed by atoms with Gasteiger partial charge in [-0.1, -0.05) is 40.9 Å². The summed E-state index contributed by atoms with van der Waals surface area (Å²) >= 11 is 12.8. The second kappa shape index (κ2) is 11.2. The topological polar surface area (TPSA) is 157 Å².